The molecular weight excluding hydrogens is 150 g/mol. The Morgan fingerprint density at radius 1 is 1.50 bits per heavy atom. The quantitative estimate of drug-likeness (QED) is 0.633. The maximum Gasteiger partial charge on any atom is 0.115 e. The molecule has 1 atom stereocenters. The van der Waals surface area contributed by atoms with Gasteiger partial charge in [-0.05, 0) is 20.8 Å². The Bertz CT molecular complexity index is 119. The smallest absolute Gasteiger partial charge is 0.115 e. The minimum atomic E-state index is -1.05. The summed E-state index contributed by atoms with van der Waals surface area (Å²) in [7, 11) is -1.05. The summed E-state index contributed by atoms with van der Waals surface area (Å²) in [5, 5.41) is 0. The molecule has 0 saturated heterocycles. The van der Waals surface area contributed by atoms with Crippen LogP contribution in [0, 0.1) is 0 Å². The number of rotatable bonds is 3. The van der Waals surface area contributed by atoms with Crippen molar-refractivity contribution < 1.29 is 9.05 Å². The van der Waals surface area contributed by atoms with E-state index >= 15 is 0 Å². The van der Waals surface area contributed by atoms with E-state index in [1.165, 1.54) is 0 Å². The van der Waals surface area contributed by atoms with E-state index in [1.807, 2.05) is 27.7 Å². The highest BCUT2D eigenvalue weighted by Gasteiger charge is 2.10. The van der Waals surface area contributed by atoms with E-state index in [1.54, 1.807) is 0 Å². The molecule has 0 bridgehead atoms. The van der Waals surface area contributed by atoms with E-state index in [4.69, 9.17) is 4.84 Å². The van der Waals surface area contributed by atoms with Crippen LogP contribution >= 0.6 is 0 Å². The van der Waals surface area contributed by atoms with Crippen molar-refractivity contribution in [1.82, 2.24) is 4.89 Å². The molecule has 62 valence electrons. The number of hydrogen-bond acceptors (Lipinski definition) is 2. The Balaban J connectivity index is 3.46. The van der Waals surface area contributed by atoms with Crippen LogP contribution in [0.25, 0.3) is 0 Å². The first-order valence-electron chi connectivity index (χ1n) is 3.27. The summed E-state index contributed by atoms with van der Waals surface area (Å²) in [5.74, 6) is 0.566. The Hall–Kier alpha value is 0.0700. The molecule has 1 unspecified atom stereocenters. The van der Waals surface area contributed by atoms with Crippen molar-refractivity contribution in [2.45, 2.75) is 33.3 Å². The maximum atomic E-state index is 10.7. The lowest BCUT2D eigenvalue weighted by Crippen LogP contribution is -2.30. The average molecular weight is 165 g/mol. The second-order valence-electron chi connectivity index (χ2n) is 2.93. The topological polar surface area (TPSA) is 38.3 Å². The van der Waals surface area contributed by atoms with Crippen molar-refractivity contribution in [1.29, 1.82) is 0 Å². The van der Waals surface area contributed by atoms with Crippen molar-refractivity contribution >= 4 is 11.0 Å². The van der Waals surface area contributed by atoms with Gasteiger partial charge >= 0.3 is 0 Å². The summed E-state index contributed by atoms with van der Waals surface area (Å²) < 4.78 is 10.7. The maximum absolute atomic E-state index is 10.7. The molecule has 0 aromatic carbocycles. The second kappa shape index (κ2) is 4.05. The molecule has 0 aromatic heterocycles. The molecule has 0 saturated carbocycles. The second-order valence-corrected chi connectivity index (χ2v) is 4.37. The molecule has 0 aliphatic heterocycles. The number of hydrogen-bond donors (Lipinski definition) is 1. The van der Waals surface area contributed by atoms with E-state index in [0.717, 1.165) is 0 Å². The standard InChI is InChI=1S/C6H15NO2S/c1-5-10(8)7-9-6(2,3)4/h7H,5H2,1-4H3. The Morgan fingerprint density at radius 3 is 2.30 bits per heavy atom. The van der Waals surface area contributed by atoms with Crippen molar-refractivity contribution in [3.05, 3.63) is 0 Å². The molecule has 4 heteroatoms. The normalized spacial score (nSPS) is 15.2. The van der Waals surface area contributed by atoms with E-state index in [0.29, 0.717) is 5.75 Å². The van der Waals surface area contributed by atoms with Gasteiger partial charge in [-0.3, -0.25) is 4.84 Å². The average Bonchev–Trinajstić information content (AvgIpc) is 1.81. The van der Waals surface area contributed by atoms with E-state index < -0.39 is 11.0 Å². The lowest BCUT2D eigenvalue weighted by molar-refractivity contribution is -0.0334. The van der Waals surface area contributed by atoms with Crippen molar-refractivity contribution in [2.75, 3.05) is 5.75 Å². The molecule has 0 aliphatic carbocycles. The molecule has 0 rings (SSSR count). The molecule has 0 aromatic rings. The minimum Gasteiger partial charge on any atom is -0.283 e. The first-order valence-corrected chi connectivity index (χ1v) is 4.59. The highest BCUT2D eigenvalue weighted by Crippen LogP contribution is 2.03. The van der Waals surface area contributed by atoms with Gasteiger partial charge in [0.2, 0.25) is 0 Å². The van der Waals surface area contributed by atoms with Crippen LogP contribution in [0.2, 0.25) is 0 Å². The monoisotopic (exact) mass is 165 g/mol. The van der Waals surface area contributed by atoms with E-state index in [9.17, 15) is 4.21 Å². The summed E-state index contributed by atoms with van der Waals surface area (Å²) in [6.45, 7) is 7.52. The molecule has 10 heavy (non-hydrogen) atoms. The molecule has 0 spiro atoms. The van der Waals surface area contributed by atoms with Gasteiger partial charge in [-0.1, -0.05) is 6.92 Å². The molecule has 0 heterocycles. The molecule has 0 fully saturated rings. The van der Waals surface area contributed by atoms with Crippen molar-refractivity contribution in [3.8, 4) is 0 Å². The van der Waals surface area contributed by atoms with Gasteiger partial charge in [-0.15, -0.1) is 4.89 Å². The van der Waals surface area contributed by atoms with Crippen LogP contribution in [0.1, 0.15) is 27.7 Å². The van der Waals surface area contributed by atoms with Crippen LogP contribution in [-0.4, -0.2) is 15.6 Å². The van der Waals surface area contributed by atoms with Crippen LogP contribution in [-0.2, 0) is 15.8 Å². The van der Waals surface area contributed by atoms with Gasteiger partial charge in [-0.2, -0.15) is 0 Å². The van der Waals surface area contributed by atoms with Crippen LogP contribution < -0.4 is 4.89 Å². The van der Waals surface area contributed by atoms with Crippen LogP contribution in [0.5, 0.6) is 0 Å². The fourth-order valence-electron chi connectivity index (χ4n) is 0.230. The Morgan fingerprint density at radius 2 is 2.00 bits per heavy atom. The first kappa shape index (κ1) is 10.1. The molecule has 1 N–H and O–H groups in total. The third-order valence-electron chi connectivity index (χ3n) is 0.703. The zero-order chi connectivity index (χ0) is 8.20. The van der Waals surface area contributed by atoms with E-state index in [-0.39, 0.29) is 5.60 Å². The van der Waals surface area contributed by atoms with Crippen LogP contribution in [0.15, 0.2) is 0 Å². The summed E-state index contributed by atoms with van der Waals surface area (Å²) in [4.78, 5) is 7.48. The molecule has 3 nitrogen and oxygen atoms in total. The Labute approximate surface area is 64.7 Å². The predicted octanol–water partition coefficient (Wildman–Crippen LogP) is 0.990. The third-order valence-corrected chi connectivity index (χ3v) is 1.50. The highest BCUT2D eigenvalue weighted by molar-refractivity contribution is 7.82. The first-order chi connectivity index (χ1) is 4.45. The minimum absolute atomic E-state index is 0.273. The van der Waals surface area contributed by atoms with Crippen LogP contribution in [0.4, 0.5) is 0 Å². The Kier molecular flexibility index (Phi) is 4.08. The molecular formula is C6H15NO2S. The SMILES string of the molecule is CCS(=O)NOC(C)(C)C. The molecule has 0 radical (unpaired) electrons. The van der Waals surface area contributed by atoms with Gasteiger partial charge in [-0.25, -0.2) is 4.21 Å². The lowest BCUT2D eigenvalue weighted by Gasteiger charge is -2.18. The predicted molar refractivity (Wildman–Crippen MR) is 42.7 cm³/mol. The third kappa shape index (κ3) is 6.19. The zero-order valence-electron chi connectivity index (χ0n) is 6.93. The van der Waals surface area contributed by atoms with Gasteiger partial charge < -0.3 is 0 Å². The fraction of sp³-hybridized carbons (Fsp3) is 1.00. The van der Waals surface area contributed by atoms with Gasteiger partial charge in [0.05, 0.1) is 5.60 Å². The largest absolute Gasteiger partial charge is 0.283 e. The highest BCUT2D eigenvalue weighted by atomic mass is 32.2. The summed E-state index contributed by atoms with van der Waals surface area (Å²) >= 11 is 0. The van der Waals surface area contributed by atoms with Crippen LogP contribution in [0.3, 0.4) is 0 Å². The van der Waals surface area contributed by atoms with Gasteiger partial charge in [0.25, 0.3) is 0 Å². The molecule has 0 aliphatic rings. The van der Waals surface area contributed by atoms with Crippen molar-refractivity contribution in [2.24, 2.45) is 0 Å². The molecule has 0 amide bonds. The van der Waals surface area contributed by atoms with Gasteiger partial charge in [0.15, 0.2) is 0 Å². The van der Waals surface area contributed by atoms with Crippen molar-refractivity contribution in [3.63, 3.8) is 0 Å². The van der Waals surface area contributed by atoms with Gasteiger partial charge in [0.1, 0.15) is 11.0 Å². The summed E-state index contributed by atoms with van der Waals surface area (Å²) in [6, 6.07) is 0. The number of nitrogens with one attached hydrogen (secondary N) is 1. The summed E-state index contributed by atoms with van der Waals surface area (Å²) in [6.07, 6.45) is 0. The van der Waals surface area contributed by atoms with Gasteiger partial charge in [0, 0.05) is 5.75 Å². The summed E-state index contributed by atoms with van der Waals surface area (Å²) in [5.41, 5.74) is -0.273. The fourth-order valence-corrected chi connectivity index (χ4v) is 0.691. The van der Waals surface area contributed by atoms with E-state index in [2.05, 4.69) is 4.89 Å². The lowest BCUT2D eigenvalue weighted by atomic mass is 10.2. The zero-order valence-corrected chi connectivity index (χ0v) is 7.75.